The van der Waals surface area contributed by atoms with E-state index in [1.54, 1.807) is 0 Å². The summed E-state index contributed by atoms with van der Waals surface area (Å²) in [5.41, 5.74) is -3.14. The Kier molecular flexibility index (Phi) is 5.18. The fourth-order valence-corrected chi connectivity index (χ4v) is 1.63. The van der Waals surface area contributed by atoms with E-state index in [1.807, 2.05) is 0 Å². The molecule has 1 aromatic heterocycles. The summed E-state index contributed by atoms with van der Waals surface area (Å²) >= 11 is 0. The highest BCUT2D eigenvalue weighted by Gasteiger charge is 2.56. The fourth-order valence-electron chi connectivity index (χ4n) is 1.63. The van der Waals surface area contributed by atoms with Gasteiger partial charge in [0, 0.05) is 20.1 Å². The molecule has 0 fully saturated rings. The Morgan fingerprint density at radius 2 is 2.10 bits per heavy atom. The van der Waals surface area contributed by atoms with Crippen LogP contribution in [0.3, 0.4) is 0 Å². The van der Waals surface area contributed by atoms with Crippen LogP contribution in [-0.4, -0.2) is 37.5 Å². The van der Waals surface area contributed by atoms with Crippen molar-refractivity contribution in [2.45, 2.75) is 25.1 Å². The van der Waals surface area contributed by atoms with Crippen molar-refractivity contribution in [3.05, 3.63) is 23.7 Å². The van der Waals surface area contributed by atoms with Crippen molar-refractivity contribution < 1.29 is 32.2 Å². The smallest absolute Gasteiger partial charge is 0.424 e. The summed E-state index contributed by atoms with van der Waals surface area (Å²) < 4.78 is 48.5. The van der Waals surface area contributed by atoms with Gasteiger partial charge in [0.1, 0.15) is 18.1 Å². The zero-order valence-corrected chi connectivity index (χ0v) is 11.1. The lowest BCUT2D eigenvalue weighted by atomic mass is 9.95. The van der Waals surface area contributed by atoms with Gasteiger partial charge in [-0.2, -0.15) is 13.2 Å². The van der Waals surface area contributed by atoms with Crippen LogP contribution in [0.25, 0.3) is 0 Å². The Labute approximate surface area is 113 Å². The van der Waals surface area contributed by atoms with Gasteiger partial charge >= 0.3 is 6.18 Å². The Morgan fingerprint density at radius 3 is 2.55 bits per heavy atom. The lowest BCUT2D eigenvalue weighted by Gasteiger charge is -2.28. The van der Waals surface area contributed by atoms with E-state index in [4.69, 9.17) is 4.42 Å². The van der Waals surface area contributed by atoms with Crippen molar-refractivity contribution in [3.8, 4) is 0 Å². The van der Waals surface area contributed by atoms with Gasteiger partial charge < -0.3 is 19.6 Å². The number of nitrogens with one attached hydrogen (secondary N) is 1. The predicted molar refractivity (Wildman–Crippen MR) is 62.9 cm³/mol. The number of furan rings is 1. The van der Waals surface area contributed by atoms with Crippen LogP contribution in [-0.2, 0) is 15.1 Å². The summed E-state index contributed by atoms with van der Waals surface area (Å²) in [7, 11) is 1.29. The molecule has 0 unspecified atom stereocenters. The van der Waals surface area contributed by atoms with Crippen molar-refractivity contribution in [3.63, 3.8) is 0 Å². The molecule has 0 saturated carbocycles. The van der Waals surface area contributed by atoms with Crippen LogP contribution in [0.1, 0.15) is 17.9 Å². The average Bonchev–Trinajstić information content (AvgIpc) is 2.75. The van der Waals surface area contributed by atoms with E-state index in [-0.39, 0.29) is 18.9 Å². The maximum atomic E-state index is 13.0. The third-order valence-corrected chi connectivity index (χ3v) is 2.70. The molecule has 0 aliphatic carbocycles. The van der Waals surface area contributed by atoms with E-state index >= 15 is 0 Å². The summed E-state index contributed by atoms with van der Waals surface area (Å²) in [5, 5.41) is 12.1. The lowest BCUT2D eigenvalue weighted by Crippen LogP contribution is -2.45. The lowest BCUT2D eigenvalue weighted by molar-refractivity contribution is -0.274. The molecule has 0 saturated heterocycles. The van der Waals surface area contributed by atoms with Crippen LogP contribution in [0.2, 0.25) is 0 Å². The van der Waals surface area contributed by atoms with Gasteiger partial charge in [-0.3, -0.25) is 4.79 Å². The predicted octanol–water partition coefficient (Wildman–Crippen LogP) is 1.49. The number of carbonyl (C=O) groups is 1. The molecule has 1 aromatic rings. The minimum absolute atomic E-state index is 0.256. The highest BCUT2D eigenvalue weighted by Crippen LogP contribution is 2.41. The fraction of sp³-hybridized carbons (Fsp3) is 0.583. The van der Waals surface area contributed by atoms with Gasteiger partial charge in [0.2, 0.25) is 11.5 Å². The molecule has 1 heterocycles. The topological polar surface area (TPSA) is 71.7 Å². The van der Waals surface area contributed by atoms with E-state index < -0.39 is 29.9 Å². The second kappa shape index (κ2) is 6.27. The first-order valence-corrected chi connectivity index (χ1v) is 5.82. The number of carbonyl (C=O) groups excluding carboxylic acids is 1. The quantitative estimate of drug-likeness (QED) is 0.834. The molecule has 20 heavy (non-hydrogen) atoms. The molecule has 0 spiro atoms. The third-order valence-electron chi connectivity index (χ3n) is 2.70. The molecule has 0 aromatic carbocycles. The number of rotatable bonds is 6. The molecule has 0 aliphatic heterocycles. The molecule has 0 aliphatic rings. The van der Waals surface area contributed by atoms with E-state index in [2.05, 4.69) is 10.1 Å². The number of halogens is 3. The molecule has 114 valence electrons. The summed E-state index contributed by atoms with van der Waals surface area (Å²) in [6.07, 6.45) is -5.66. The van der Waals surface area contributed by atoms with Crippen LogP contribution in [0.4, 0.5) is 13.2 Å². The summed E-state index contributed by atoms with van der Waals surface area (Å²) in [6, 6.07) is 2.40. The zero-order valence-electron chi connectivity index (χ0n) is 11.1. The van der Waals surface area contributed by atoms with Crippen LogP contribution in [0, 0.1) is 6.92 Å². The largest absolute Gasteiger partial charge is 0.463 e. The number of alkyl halides is 3. The first-order chi connectivity index (χ1) is 9.20. The number of hydrogen-bond acceptors (Lipinski definition) is 4. The number of aliphatic hydroxyl groups is 1. The minimum Gasteiger partial charge on any atom is -0.463 e. The van der Waals surface area contributed by atoms with Crippen molar-refractivity contribution >= 4 is 5.91 Å². The minimum atomic E-state index is -4.91. The maximum Gasteiger partial charge on any atom is 0.424 e. The van der Waals surface area contributed by atoms with E-state index in [9.17, 15) is 23.1 Å². The summed E-state index contributed by atoms with van der Waals surface area (Å²) in [6.45, 7) is 0.850. The number of aryl methyl sites for hydroxylation is 1. The number of methoxy groups -OCH3 is 1. The standard InChI is InChI=1S/C12H16F3NO4/c1-8-3-4-9(20-8)11(18,12(13,14)15)5-6-16-10(17)7-19-2/h3-4,18H,5-7H2,1-2H3,(H,16,17)/t11-/m1/s1. The monoisotopic (exact) mass is 295 g/mol. The highest BCUT2D eigenvalue weighted by molar-refractivity contribution is 5.77. The van der Waals surface area contributed by atoms with Gasteiger partial charge in [-0.1, -0.05) is 0 Å². The van der Waals surface area contributed by atoms with Gasteiger partial charge in [-0.15, -0.1) is 0 Å². The van der Waals surface area contributed by atoms with E-state index in [0.717, 1.165) is 6.07 Å². The number of hydrogen-bond donors (Lipinski definition) is 2. The first kappa shape index (κ1) is 16.5. The Bertz CT molecular complexity index is 458. The maximum absolute atomic E-state index is 13.0. The molecule has 0 bridgehead atoms. The average molecular weight is 295 g/mol. The van der Waals surface area contributed by atoms with Crippen molar-refractivity contribution in [2.75, 3.05) is 20.3 Å². The highest BCUT2D eigenvalue weighted by atomic mass is 19.4. The zero-order chi connectivity index (χ0) is 15.4. The third kappa shape index (κ3) is 3.73. The van der Waals surface area contributed by atoms with Gasteiger partial charge in [0.15, 0.2) is 0 Å². The van der Waals surface area contributed by atoms with Crippen LogP contribution in [0.5, 0.6) is 0 Å². The molecule has 8 heteroatoms. The van der Waals surface area contributed by atoms with Gasteiger partial charge in [0.05, 0.1) is 0 Å². The molecule has 0 radical (unpaired) electrons. The molecule has 1 rings (SSSR count). The van der Waals surface area contributed by atoms with Crippen molar-refractivity contribution in [2.24, 2.45) is 0 Å². The van der Waals surface area contributed by atoms with Crippen molar-refractivity contribution in [1.82, 2.24) is 5.32 Å². The molecule has 1 atom stereocenters. The Balaban J connectivity index is 2.78. The van der Waals surface area contributed by atoms with Gasteiger partial charge in [-0.05, 0) is 19.1 Å². The normalized spacial score (nSPS) is 14.9. The molecular weight excluding hydrogens is 279 g/mol. The second-order valence-corrected chi connectivity index (χ2v) is 4.30. The molecule has 1 amide bonds. The SMILES string of the molecule is COCC(=O)NCC[C@@](O)(c1ccc(C)o1)C(F)(F)F. The summed E-state index contributed by atoms with van der Waals surface area (Å²) in [4.78, 5) is 11.1. The van der Waals surface area contributed by atoms with Crippen molar-refractivity contribution in [1.29, 1.82) is 0 Å². The Hall–Kier alpha value is -1.54. The van der Waals surface area contributed by atoms with Gasteiger partial charge in [0.25, 0.3) is 0 Å². The Morgan fingerprint density at radius 1 is 1.45 bits per heavy atom. The van der Waals surface area contributed by atoms with E-state index in [0.29, 0.717) is 0 Å². The van der Waals surface area contributed by atoms with E-state index in [1.165, 1.54) is 20.1 Å². The molecule has 2 N–H and O–H groups in total. The molecule has 5 nitrogen and oxygen atoms in total. The first-order valence-electron chi connectivity index (χ1n) is 5.82. The van der Waals surface area contributed by atoms with Gasteiger partial charge in [-0.25, -0.2) is 0 Å². The van der Waals surface area contributed by atoms with Crippen LogP contribution < -0.4 is 5.32 Å². The number of ether oxygens (including phenoxy) is 1. The van der Waals surface area contributed by atoms with Crippen LogP contribution >= 0.6 is 0 Å². The summed E-state index contributed by atoms with van der Waals surface area (Å²) in [5.74, 6) is -0.901. The molecular formula is C12H16F3NO4. The second-order valence-electron chi connectivity index (χ2n) is 4.30. The number of amides is 1. The van der Waals surface area contributed by atoms with Crippen LogP contribution in [0.15, 0.2) is 16.5 Å².